The van der Waals surface area contributed by atoms with Crippen molar-refractivity contribution in [3.8, 4) is 5.75 Å². The Labute approximate surface area is 198 Å². The Hall–Kier alpha value is -2.22. The van der Waals surface area contributed by atoms with Gasteiger partial charge in [-0.2, -0.15) is 10.6 Å². The molecule has 2 aromatic carbocycles. The molecule has 33 heavy (non-hydrogen) atoms. The van der Waals surface area contributed by atoms with Crippen molar-refractivity contribution in [2.24, 2.45) is 5.41 Å². The van der Waals surface area contributed by atoms with Gasteiger partial charge in [0.05, 0.1) is 10.6 Å². The summed E-state index contributed by atoms with van der Waals surface area (Å²) in [4.78, 5) is 13.5. The Bertz CT molecular complexity index is 963. The van der Waals surface area contributed by atoms with Gasteiger partial charge in [-0.25, -0.2) is 4.79 Å². The number of benzene rings is 2. The van der Waals surface area contributed by atoms with Gasteiger partial charge in [-0.1, -0.05) is 57.0 Å². The van der Waals surface area contributed by atoms with Gasteiger partial charge in [-0.05, 0) is 41.9 Å². The number of ether oxygens (including phenoxy) is 1. The lowest BCUT2D eigenvalue weighted by Crippen LogP contribution is -2.28. The Morgan fingerprint density at radius 1 is 1.18 bits per heavy atom. The molecule has 1 heterocycles. The van der Waals surface area contributed by atoms with E-state index in [1.807, 2.05) is 43.3 Å². The summed E-state index contributed by atoms with van der Waals surface area (Å²) in [5.41, 5.74) is 2.56. The number of hydrogen-bond acceptors (Lipinski definition) is 5. The summed E-state index contributed by atoms with van der Waals surface area (Å²) in [5.74, 6) is -0.413. The fraction of sp³-hybridized carbons (Fsp3) is 0.500. The van der Waals surface area contributed by atoms with Crippen LogP contribution in [-0.2, 0) is 4.79 Å². The van der Waals surface area contributed by atoms with Crippen LogP contribution >= 0.6 is 10.6 Å². The van der Waals surface area contributed by atoms with Crippen LogP contribution in [0.25, 0.3) is 0 Å². The quantitative estimate of drug-likeness (QED) is 0.386. The molecule has 0 radical (unpaired) electrons. The predicted molar refractivity (Wildman–Crippen MR) is 135 cm³/mol. The molecule has 0 aliphatic carbocycles. The van der Waals surface area contributed by atoms with Crippen LogP contribution < -0.4 is 9.64 Å². The number of aliphatic carboxylic acids is 1. The fourth-order valence-electron chi connectivity index (χ4n) is 4.96. The molecular formula is C26H37NO5S. The minimum absolute atomic E-state index is 0.00101. The van der Waals surface area contributed by atoms with Crippen molar-refractivity contribution in [3.63, 3.8) is 0 Å². The van der Waals surface area contributed by atoms with Crippen molar-refractivity contribution >= 4 is 22.2 Å². The summed E-state index contributed by atoms with van der Waals surface area (Å²) in [6.45, 7) is 3.82. The third-order valence-electron chi connectivity index (χ3n) is 6.81. The van der Waals surface area contributed by atoms with Crippen molar-refractivity contribution in [1.82, 2.24) is 0 Å². The summed E-state index contributed by atoms with van der Waals surface area (Å²) in [6, 6.07) is 13.9. The lowest BCUT2D eigenvalue weighted by Gasteiger charge is -2.41. The average molecular weight is 476 g/mol. The van der Waals surface area contributed by atoms with Crippen LogP contribution in [0, 0.1) is 5.41 Å². The van der Waals surface area contributed by atoms with Crippen molar-refractivity contribution in [1.29, 1.82) is 0 Å². The van der Waals surface area contributed by atoms with E-state index in [0.717, 1.165) is 48.9 Å². The van der Waals surface area contributed by atoms with Crippen molar-refractivity contribution in [2.75, 3.05) is 31.4 Å². The van der Waals surface area contributed by atoms with Crippen molar-refractivity contribution < 1.29 is 23.7 Å². The Morgan fingerprint density at radius 3 is 2.45 bits per heavy atom. The van der Waals surface area contributed by atoms with E-state index >= 15 is 0 Å². The number of carboxylic acid groups (broad SMARTS) is 1. The topological polar surface area (TPSA) is 90.2 Å². The van der Waals surface area contributed by atoms with E-state index in [0.29, 0.717) is 16.4 Å². The van der Waals surface area contributed by atoms with E-state index in [9.17, 15) is 13.9 Å². The van der Waals surface area contributed by atoms with Crippen LogP contribution in [0.5, 0.6) is 5.75 Å². The number of fused-ring (bicyclic) bond motifs is 1. The predicted octanol–water partition coefficient (Wildman–Crippen LogP) is 6.45. The zero-order chi connectivity index (χ0) is 24.2. The molecule has 0 saturated carbocycles. The van der Waals surface area contributed by atoms with Gasteiger partial charge >= 0.3 is 5.97 Å². The second-order valence-corrected chi connectivity index (χ2v) is 11.4. The number of hydrogen-bond donors (Lipinski definition) is 3. The Balaban J connectivity index is 2.24. The fourth-order valence-corrected chi connectivity index (χ4v) is 7.31. The second-order valence-electron chi connectivity index (χ2n) is 9.37. The molecule has 0 fully saturated rings. The maximum atomic E-state index is 11.5. The summed E-state index contributed by atoms with van der Waals surface area (Å²) < 4.78 is 28.6. The van der Waals surface area contributed by atoms with Crippen LogP contribution in [0.4, 0.5) is 5.69 Å². The Kier molecular flexibility index (Phi) is 7.98. The van der Waals surface area contributed by atoms with Gasteiger partial charge in [0.2, 0.25) is 0 Å². The number of unbranched alkanes of at least 4 members (excludes halogenated alkanes) is 1. The molecule has 2 unspecified atom stereocenters. The normalized spacial score (nSPS) is 22.7. The third kappa shape index (κ3) is 5.65. The second kappa shape index (κ2) is 10.4. The highest BCUT2D eigenvalue weighted by Gasteiger charge is 2.43. The number of rotatable bonds is 9. The van der Waals surface area contributed by atoms with E-state index in [1.54, 1.807) is 6.07 Å². The molecule has 1 aliphatic heterocycles. The van der Waals surface area contributed by atoms with E-state index < -0.39 is 23.2 Å². The van der Waals surface area contributed by atoms with Gasteiger partial charge < -0.3 is 14.7 Å². The number of nitrogens with zero attached hydrogens (tertiary/aromatic N) is 1. The molecule has 0 bridgehead atoms. The molecule has 182 valence electrons. The van der Waals surface area contributed by atoms with Gasteiger partial charge in [0, 0.05) is 31.8 Å². The van der Waals surface area contributed by atoms with Crippen LogP contribution in [0.15, 0.2) is 47.4 Å². The molecule has 6 nitrogen and oxygen atoms in total. The molecule has 0 spiro atoms. The minimum atomic E-state index is -3.12. The van der Waals surface area contributed by atoms with Crippen LogP contribution in [0.2, 0.25) is 0 Å². The maximum absolute atomic E-state index is 11.5. The molecule has 0 saturated heterocycles. The average Bonchev–Trinajstić information content (AvgIpc) is 2.88. The van der Waals surface area contributed by atoms with Crippen molar-refractivity contribution in [2.45, 2.75) is 56.8 Å². The smallest absolute Gasteiger partial charge is 0.341 e. The first-order valence-electron chi connectivity index (χ1n) is 11.6. The van der Waals surface area contributed by atoms with Crippen LogP contribution in [-0.4, -0.2) is 46.6 Å². The first kappa shape index (κ1) is 25.4. The summed E-state index contributed by atoms with van der Waals surface area (Å²) in [6.07, 6.45) is 4.73. The molecular weight excluding hydrogens is 438 g/mol. The van der Waals surface area contributed by atoms with Crippen LogP contribution in [0.1, 0.15) is 63.0 Å². The maximum Gasteiger partial charge on any atom is 0.341 e. The highest BCUT2D eigenvalue weighted by Crippen LogP contribution is 2.63. The van der Waals surface area contributed by atoms with Gasteiger partial charge in [-0.3, -0.25) is 9.11 Å². The molecule has 1 aliphatic rings. The van der Waals surface area contributed by atoms with Crippen molar-refractivity contribution in [3.05, 3.63) is 53.6 Å². The Morgan fingerprint density at radius 2 is 1.88 bits per heavy atom. The van der Waals surface area contributed by atoms with E-state index in [2.05, 4.69) is 26.0 Å². The molecule has 0 amide bonds. The highest BCUT2D eigenvalue weighted by molar-refractivity contribution is 8.24. The first-order chi connectivity index (χ1) is 15.6. The van der Waals surface area contributed by atoms with E-state index in [1.165, 1.54) is 0 Å². The zero-order valence-electron chi connectivity index (χ0n) is 20.1. The summed E-state index contributed by atoms with van der Waals surface area (Å²) >= 11 is 0. The SMILES string of the molecule is CCCCC1(CC)CC(c2ccccc2)c2cc(N(C)C)c(OCC(=O)O)cc2S(O)(O)C1. The number of anilines is 1. The molecule has 0 aromatic heterocycles. The summed E-state index contributed by atoms with van der Waals surface area (Å²) in [7, 11) is 0.629. The molecule has 2 aromatic rings. The first-order valence-corrected chi connectivity index (χ1v) is 13.3. The standard InChI is InChI=1S/C26H37NO5S/c1-5-7-13-26(6-2)16-21(19-11-9-8-10-12-19)20-14-22(27(3)4)23(32-17-25(28)29)15-24(20)33(30,31)18-26/h8-12,14-15,21,30-31H,5-7,13,16-18H2,1-4H3,(H,28,29). The lowest BCUT2D eigenvalue weighted by atomic mass is 9.71. The zero-order valence-corrected chi connectivity index (χ0v) is 20.9. The van der Waals surface area contributed by atoms with Gasteiger partial charge in [0.1, 0.15) is 5.75 Å². The molecule has 3 rings (SSSR count). The molecule has 3 N–H and O–H groups in total. The largest absolute Gasteiger partial charge is 0.480 e. The summed E-state index contributed by atoms with van der Waals surface area (Å²) in [5, 5.41) is 9.13. The van der Waals surface area contributed by atoms with E-state index in [-0.39, 0.29) is 11.3 Å². The number of carbonyl (C=O) groups is 1. The van der Waals surface area contributed by atoms with Crippen LogP contribution in [0.3, 0.4) is 0 Å². The monoisotopic (exact) mass is 475 g/mol. The van der Waals surface area contributed by atoms with E-state index in [4.69, 9.17) is 9.84 Å². The third-order valence-corrected chi connectivity index (χ3v) is 8.88. The number of carboxylic acids is 1. The van der Waals surface area contributed by atoms with Gasteiger partial charge in [0.15, 0.2) is 6.61 Å². The highest BCUT2D eigenvalue weighted by atomic mass is 32.3. The molecule has 2 atom stereocenters. The van der Waals surface area contributed by atoms with Gasteiger partial charge in [0.25, 0.3) is 0 Å². The molecule has 7 heteroatoms. The minimum Gasteiger partial charge on any atom is -0.480 e. The van der Waals surface area contributed by atoms with Gasteiger partial charge in [-0.15, -0.1) is 0 Å². The lowest BCUT2D eigenvalue weighted by molar-refractivity contribution is -0.139.